The molecule has 0 unspecified atom stereocenters. The summed E-state index contributed by atoms with van der Waals surface area (Å²) in [7, 11) is 0. The fourth-order valence-electron chi connectivity index (χ4n) is 4.41. The molecule has 0 fully saturated rings. The summed E-state index contributed by atoms with van der Waals surface area (Å²) in [4.78, 5) is 0. The van der Waals surface area contributed by atoms with E-state index in [0.29, 0.717) is 26.4 Å². The van der Waals surface area contributed by atoms with E-state index in [2.05, 4.69) is 13.2 Å². The summed E-state index contributed by atoms with van der Waals surface area (Å²) in [5.41, 5.74) is 4.25. The normalized spacial score (nSPS) is 14.1. The van der Waals surface area contributed by atoms with Gasteiger partial charge in [0.25, 0.3) is 0 Å². The van der Waals surface area contributed by atoms with Crippen LogP contribution < -0.4 is 0 Å². The van der Waals surface area contributed by atoms with Crippen molar-refractivity contribution >= 4 is 0 Å². The largest absolute Gasteiger partial charge is 0.368 e. The zero-order valence-electron chi connectivity index (χ0n) is 22.9. The Morgan fingerprint density at radius 1 is 0.400 bits per heavy atom. The predicted octanol–water partition coefficient (Wildman–Crippen LogP) is 7.70. The fourth-order valence-corrected chi connectivity index (χ4v) is 4.41. The van der Waals surface area contributed by atoms with Crippen LogP contribution in [-0.4, -0.2) is 24.4 Å². The van der Waals surface area contributed by atoms with E-state index in [1.807, 2.05) is 121 Å². The van der Waals surface area contributed by atoms with E-state index >= 15 is 0 Å². The molecule has 40 heavy (non-hydrogen) atoms. The molecular formula is C36H38O4. The number of benzene rings is 4. The van der Waals surface area contributed by atoms with Crippen molar-refractivity contribution in [1.29, 1.82) is 0 Å². The SMILES string of the molecule is C=C[C@@H](OCc1ccccc1)[C@@H](OCc1ccccc1)[C@H](OCc1ccccc1)[C@@H](C=C)OCc1ccccc1. The Balaban J connectivity index is 1.60. The van der Waals surface area contributed by atoms with Crippen molar-refractivity contribution in [3.63, 3.8) is 0 Å². The first-order chi connectivity index (χ1) is 19.8. The molecule has 0 aliphatic heterocycles. The van der Waals surface area contributed by atoms with Gasteiger partial charge in [-0.3, -0.25) is 0 Å². The van der Waals surface area contributed by atoms with Gasteiger partial charge in [0.15, 0.2) is 0 Å². The zero-order chi connectivity index (χ0) is 27.8. The van der Waals surface area contributed by atoms with Crippen LogP contribution in [0.25, 0.3) is 0 Å². The highest BCUT2D eigenvalue weighted by atomic mass is 16.6. The van der Waals surface area contributed by atoms with E-state index in [-0.39, 0.29) is 0 Å². The Morgan fingerprint density at radius 2 is 0.650 bits per heavy atom. The maximum absolute atomic E-state index is 6.61. The Morgan fingerprint density at radius 3 is 0.900 bits per heavy atom. The Hall–Kier alpha value is -3.80. The molecule has 4 aromatic rings. The molecule has 0 aromatic heterocycles. The van der Waals surface area contributed by atoms with Crippen molar-refractivity contribution in [3.05, 3.63) is 169 Å². The van der Waals surface area contributed by atoms with Crippen LogP contribution in [0.1, 0.15) is 22.3 Å². The minimum atomic E-state index is -0.524. The van der Waals surface area contributed by atoms with Gasteiger partial charge >= 0.3 is 0 Å². The maximum Gasteiger partial charge on any atom is 0.117 e. The lowest BCUT2D eigenvalue weighted by molar-refractivity contribution is -0.172. The number of rotatable bonds is 17. The summed E-state index contributed by atoms with van der Waals surface area (Å²) < 4.78 is 26.0. The standard InChI is InChI=1S/C36H38O4/c1-3-33(37-25-29-17-9-5-10-18-29)35(39-27-31-21-13-7-14-22-31)36(40-28-32-23-15-8-16-24-32)34(4-2)38-26-30-19-11-6-12-20-30/h3-24,33-36H,1-2,25-28H2/t33-,34-,35-,36-/m1/s1. The highest BCUT2D eigenvalue weighted by Crippen LogP contribution is 2.24. The molecule has 0 spiro atoms. The van der Waals surface area contributed by atoms with Crippen LogP contribution in [0.3, 0.4) is 0 Å². The molecule has 0 heterocycles. The summed E-state index contributed by atoms with van der Waals surface area (Å²) in [5.74, 6) is 0. The fraction of sp³-hybridized carbons (Fsp3) is 0.222. The predicted molar refractivity (Wildman–Crippen MR) is 160 cm³/mol. The monoisotopic (exact) mass is 534 g/mol. The van der Waals surface area contributed by atoms with Gasteiger partial charge in [-0.15, -0.1) is 13.2 Å². The van der Waals surface area contributed by atoms with E-state index in [4.69, 9.17) is 18.9 Å². The second kappa shape index (κ2) is 16.3. The summed E-state index contributed by atoms with van der Waals surface area (Å²) in [6.07, 6.45) is 1.59. The molecule has 4 nitrogen and oxygen atoms in total. The van der Waals surface area contributed by atoms with E-state index < -0.39 is 24.4 Å². The van der Waals surface area contributed by atoms with Gasteiger partial charge in [0.2, 0.25) is 0 Å². The third-order valence-corrected chi connectivity index (χ3v) is 6.58. The molecule has 0 N–H and O–H groups in total. The molecule has 4 atom stereocenters. The van der Waals surface area contributed by atoms with E-state index in [1.165, 1.54) is 0 Å². The quantitative estimate of drug-likeness (QED) is 0.130. The van der Waals surface area contributed by atoms with Crippen LogP contribution >= 0.6 is 0 Å². The van der Waals surface area contributed by atoms with Gasteiger partial charge in [0.05, 0.1) is 26.4 Å². The minimum Gasteiger partial charge on any atom is -0.368 e. The van der Waals surface area contributed by atoms with Crippen LogP contribution in [-0.2, 0) is 45.4 Å². The van der Waals surface area contributed by atoms with Crippen LogP contribution in [0, 0.1) is 0 Å². The van der Waals surface area contributed by atoms with Crippen molar-refractivity contribution < 1.29 is 18.9 Å². The molecule has 4 rings (SSSR count). The van der Waals surface area contributed by atoms with Gasteiger partial charge in [-0.05, 0) is 22.3 Å². The average molecular weight is 535 g/mol. The van der Waals surface area contributed by atoms with Crippen molar-refractivity contribution in [3.8, 4) is 0 Å². The molecule has 4 aromatic carbocycles. The molecule has 4 heteroatoms. The van der Waals surface area contributed by atoms with E-state index in [0.717, 1.165) is 22.3 Å². The lowest BCUT2D eigenvalue weighted by atomic mass is 10.0. The average Bonchev–Trinajstić information content (AvgIpc) is 3.02. The number of hydrogen-bond donors (Lipinski definition) is 0. The highest BCUT2D eigenvalue weighted by Gasteiger charge is 2.36. The van der Waals surface area contributed by atoms with Crippen molar-refractivity contribution in [2.45, 2.75) is 50.8 Å². The lowest BCUT2D eigenvalue weighted by Gasteiger charge is -2.36. The first kappa shape index (κ1) is 29.2. The van der Waals surface area contributed by atoms with Crippen molar-refractivity contribution in [1.82, 2.24) is 0 Å². The molecule has 206 valence electrons. The first-order valence-electron chi connectivity index (χ1n) is 13.6. The van der Waals surface area contributed by atoms with Gasteiger partial charge < -0.3 is 18.9 Å². The summed E-state index contributed by atoms with van der Waals surface area (Å²) in [6, 6.07) is 40.3. The van der Waals surface area contributed by atoms with Crippen LogP contribution in [0.15, 0.2) is 147 Å². The molecule has 0 aliphatic rings. The second-order valence-corrected chi connectivity index (χ2v) is 9.52. The summed E-state index contributed by atoms with van der Waals surface area (Å²) in [5, 5.41) is 0. The Bertz CT molecular complexity index is 1140. The van der Waals surface area contributed by atoms with E-state index in [9.17, 15) is 0 Å². The van der Waals surface area contributed by atoms with Gasteiger partial charge in [0.1, 0.15) is 24.4 Å². The van der Waals surface area contributed by atoms with Crippen molar-refractivity contribution in [2.24, 2.45) is 0 Å². The molecular weight excluding hydrogens is 496 g/mol. The Kier molecular flexibility index (Phi) is 11.9. The highest BCUT2D eigenvalue weighted by molar-refractivity contribution is 5.17. The zero-order valence-corrected chi connectivity index (χ0v) is 22.9. The summed E-state index contributed by atoms with van der Waals surface area (Å²) >= 11 is 0. The molecule has 0 bridgehead atoms. The van der Waals surface area contributed by atoms with Crippen molar-refractivity contribution in [2.75, 3.05) is 0 Å². The van der Waals surface area contributed by atoms with Gasteiger partial charge in [-0.1, -0.05) is 133 Å². The van der Waals surface area contributed by atoms with Crippen LogP contribution in [0.4, 0.5) is 0 Å². The molecule has 0 saturated carbocycles. The molecule has 0 radical (unpaired) electrons. The third-order valence-electron chi connectivity index (χ3n) is 6.58. The van der Waals surface area contributed by atoms with Crippen LogP contribution in [0.2, 0.25) is 0 Å². The molecule has 0 aliphatic carbocycles. The number of hydrogen-bond acceptors (Lipinski definition) is 4. The lowest BCUT2D eigenvalue weighted by Crippen LogP contribution is -2.48. The molecule has 0 amide bonds. The van der Waals surface area contributed by atoms with Gasteiger partial charge in [0, 0.05) is 0 Å². The second-order valence-electron chi connectivity index (χ2n) is 9.52. The molecule has 0 saturated heterocycles. The Labute approximate surface area is 238 Å². The smallest absolute Gasteiger partial charge is 0.117 e. The van der Waals surface area contributed by atoms with E-state index in [1.54, 1.807) is 12.2 Å². The maximum atomic E-state index is 6.61. The van der Waals surface area contributed by atoms with Crippen LogP contribution in [0.5, 0.6) is 0 Å². The third kappa shape index (κ3) is 9.15. The first-order valence-corrected chi connectivity index (χ1v) is 13.6. The van der Waals surface area contributed by atoms with Gasteiger partial charge in [-0.2, -0.15) is 0 Å². The number of ether oxygens (including phenoxy) is 4. The minimum absolute atomic E-state index is 0.387. The summed E-state index contributed by atoms with van der Waals surface area (Å²) in [6.45, 7) is 9.81. The van der Waals surface area contributed by atoms with Gasteiger partial charge in [-0.25, -0.2) is 0 Å². The topological polar surface area (TPSA) is 36.9 Å².